The summed E-state index contributed by atoms with van der Waals surface area (Å²) in [6.45, 7) is 8.91. The van der Waals surface area contributed by atoms with Gasteiger partial charge in [0.25, 0.3) is 0 Å². The molecule has 2 aromatic carbocycles. The SMILES string of the molecule is CC(C)N(c1ccccc1)N(c1ccccc1)C(C)C. The van der Waals surface area contributed by atoms with Crippen LogP contribution in [0.15, 0.2) is 60.7 Å². The van der Waals surface area contributed by atoms with E-state index in [9.17, 15) is 0 Å². The van der Waals surface area contributed by atoms with Crippen LogP contribution in [0.25, 0.3) is 0 Å². The Hall–Kier alpha value is -1.96. The maximum atomic E-state index is 2.36. The third kappa shape index (κ3) is 3.13. The molecule has 106 valence electrons. The molecule has 0 aliphatic carbocycles. The maximum absolute atomic E-state index is 2.36. The topological polar surface area (TPSA) is 6.48 Å². The molecule has 0 saturated heterocycles. The summed E-state index contributed by atoms with van der Waals surface area (Å²) in [5.41, 5.74) is 2.44. The molecule has 0 atom stereocenters. The Balaban J connectivity index is 2.44. The molecule has 0 aromatic heterocycles. The van der Waals surface area contributed by atoms with E-state index < -0.39 is 0 Å². The maximum Gasteiger partial charge on any atom is 0.0577 e. The lowest BCUT2D eigenvalue weighted by Gasteiger charge is -2.43. The van der Waals surface area contributed by atoms with Crippen molar-refractivity contribution in [2.75, 3.05) is 10.0 Å². The van der Waals surface area contributed by atoms with Gasteiger partial charge in [0.05, 0.1) is 11.4 Å². The normalized spacial score (nSPS) is 10.9. The van der Waals surface area contributed by atoms with Gasteiger partial charge in [0, 0.05) is 12.1 Å². The zero-order valence-electron chi connectivity index (χ0n) is 12.8. The monoisotopic (exact) mass is 268 g/mol. The van der Waals surface area contributed by atoms with E-state index in [0.29, 0.717) is 12.1 Å². The molecule has 0 bridgehead atoms. The second-order valence-corrected chi connectivity index (χ2v) is 5.55. The van der Waals surface area contributed by atoms with E-state index in [1.807, 2.05) is 0 Å². The van der Waals surface area contributed by atoms with Gasteiger partial charge in [0.1, 0.15) is 0 Å². The summed E-state index contributed by atoms with van der Waals surface area (Å²) in [5.74, 6) is 0. The fourth-order valence-corrected chi connectivity index (χ4v) is 2.50. The molecule has 0 radical (unpaired) electrons. The van der Waals surface area contributed by atoms with Crippen molar-refractivity contribution in [1.82, 2.24) is 0 Å². The molecular formula is C18H24N2. The lowest BCUT2D eigenvalue weighted by Crippen LogP contribution is -2.51. The minimum Gasteiger partial charge on any atom is -0.283 e. The van der Waals surface area contributed by atoms with Gasteiger partial charge in [-0.05, 0) is 52.0 Å². The molecule has 0 unspecified atom stereocenters. The smallest absolute Gasteiger partial charge is 0.0577 e. The molecule has 20 heavy (non-hydrogen) atoms. The van der Waals surface area contributed by atoms with Crippen molar-refractivity contribution in [1.29, 1.82) is 0 Å². The molecular weight excluding hydrogens is 244 g/mol. The Morgan fingerprint density at radius 1 is 0.550 bits per heavy atom. The van der Waals surface area contributed by atoms with Crippen molar-refractivity contribution >= 4 is 11.4 Å². The van der Waals surface area contributed by atoms with Crippen LogP contribution >= 0.6 is 0 Å². The first-order valence-corrected chi connectivity index (χ1v) is 7.29. The molecule has 0 N–H and O–H groups in total. The highest BCUT2D eigenvalue weighted by Crippen LogP contribution is 2.26. The number of hydrogen-bond acceptors (Lipinski definition) is 2. The minimum atomic E-state index is 0.389. The van der Waals surface area contributed by atoms with Crippen molar-refractivity contribution in [3.63, 3.8) is 0 Å². The summed E-state index contributed by atoms with van der Waals surface area (Å²) in [4.78, 5) is 0. The van der Waals surface area contributed by atoms with Crippen LogP contribution in [0.5, 0.6) is 0 Å². The lowest BCUT2D eigenvalue weighted by atomic mass is 10.2. The summed E-state index contributed by atoms with van der Waals surface area (Å²) in [7, 11) is 0. The highest BCUT2D eigenvalue weighted by atomic mass is 15.6. The molecule has 2 heteroatoms. The van der Waals surface area contributed by atoms with Crippen molar-refractivity contribution in [3.8, 4) is 0 Å². The Morgan fingerprint density at radius 2 is 0.850 bits per heavy atom. The Bertz CT molecular complexity index is 456. The van der Waals surface area contributed by atoms with E-state index >= 15 is 0 Å². The molecule has 2 nitrogen and oxygen atoms in total. The molecule has 0 heterocycles. The van der Waals surface area contributed by atoms with Gasteiger partial charge >= 0.3 is 0 Å². The molecule has 0 aliphatic heterocycles. The van der Waals surface area contributed by atoms with Gasteiger partial charge in [0.2, 0.25) is 0 Å². The van der Waals surface area contributed by atoms with E-state index in [-0.39, 0.29) is 0 Å². The predicted molar refractivity (Wildman–Crippen MR) is 88.1 cm³/mol. The standard InChI is InChI=1S/C18H24N2/c1-15(2)19(17-11-7-5-8-12-17)20(16(3)4)18-13-9-6-10-14-18/h5-16H,1-4H3. The number of rotatable bonds is 5. The molecule has 0 spiro atoms. The lowest BCUT2D eigenvalue weighted by molar-refractivity contribution is 0.581. The van der Waals surface area contributed by atoms with E-state index in [1.165, 1.54) is 11.4 Å². The van der Waals surface area contributed by atoms with E-state index in [1.54, 1.807) is 0 Å². The third-order valence-electron chi connectivity index (χ3n) is 3.25. The Kier molecular flexibility index (Phi) is 4.67. The fourth-order valence-electron chi connectivity index (χ4n) is 2.50. The van der Waals surface area contributed by atoms with E-state index in [0.717, 1.165) is 0 Å². The van der Waals surface area contributed by atoms with Crippen LogP contribution in [0.1, 0.15) is 27.7 Å². The minimum absolute atomic E-state index is 0.389. The van der Waals surface area contributed by atoms with Crippen LogP contribution in [0.2, 0.25) is 0 Å². The summed E-state index contributed by atoms with van der Waals surface area (Å²) in [5, 5.41) is 4.72. The van der Waals surface area contributed by atoms with Gasteiger partial charge in [-0.1, -0.05) is 36.4 Å². The summed E-state index contributed by atoms with van der Waals surface area (Å²) in [6, 6.07) is 21.9. The highest BCUT2D eigenvalue weighted by molar-refractivity contribution is 5.58. The van der Waals surface area contributed by atoms with Crippen LogP contribution in [-0.2, 0) is 0 Å². The van der Waals surface area contributed by atoms with Crippen LogP contribution < -0.4 is 10.0 Å². The largest absolute Gasteiger partial charge is 0.283 e. The van der Waals surface area contributed by atoms with Crippen molar-refractivity contribution in [3.05, 3.63) is 60.7 Å². The van der Waals surface area contributed by atoms with E-state index in [2.05, 4.69) is 98.4 Å². The van der Waals surface area contributed by atoms with Gasteiger partial charge in [-0.15, -0.1) is 0 Å². The predicted octanol–water partition coefficient (Wildman–Crippen LogP) is 4.73. The van der Waals surface area contributed by atoms with Gasteiger partial charge in [-0.25, -0.2) is 0 Å². The Labute approximate surface area is 122 Å². The molecule has 0 saturated carbocycles. The van der Waals surface area contributed by atoms with E-state index in [4.69, 9.17) is 0 Å². The Morgan fingerprint density at radius 3 is 1.10 bits per heavy atom. The highest BCUT2D eigenvalue weighted by Gasteiger charge is 2.22. The fraction of sp³-hybridized carbons (Fsp3) is 0.333. The van der Waals surface area contributed by atoms with Gasteiger partial charge in [-0.3, -0.25) is 10.0 Å². The quantitative estimate of drug-likeness (QED) is 0.723. The molecule has 0 amide bonds. The third-order valence-corrected chi connectivity index (χ3v) is 3.25. The first-order chi connectivity index (χ1) is 9.61. The van der Waals surface area contributed by atoms with Crippen LogP contribution in [0, 0.1) is 0 Å². The average molecular weight is 268 g/mol. The molecule has 0 fully saturated rings. The second kappa shape index (κ2) is 6.47. The van der Waals surface area contributed by atoms with Gasteiger partial charge < -0.3 is 0 Å². The number of anilines is 2. The first kappa shape index (κ1) is 14.4. The van der Waals surface area contributed by atoms with Crippen LogP contribution in [-0.4, -0.2) is 12.1 Å². The number of benzene rings is 2. The van der Waals surface area contributed by atoms with Gasteiger partial charge in [-0.2, -0.15) is 0 Å². The molecule has 2 aromatic rings. The summed E-state index contributed by atoms with van der Waals surface area (Å²) < 4.78 is 0. The first-order valence-electron chi connectivity index (χ1n) is 7.29. The van der Waals surface area contributed by atoms with Crippen molar-refractivity contribution in [2.45, 2.75) is 39.8 Å². The second-order valence-electron chi connectivity index (χ2n) is 5.55. The zero-order valence-corrected chi connectivity index (χ0v) is 12.8. The van der Waals surface area contributed by atoms with Crippen molar-refractivity contribution in [2.24, 2.45) is 0 Å². The number of hydrogen-bond donors (Lipinski definition) is 0. The number of hydrazine groups is 1. The summed E-state index contributed by atoms with van der Waals surface area (Å²) in [6.07, 6.45) is 0. The molecule has 0 aliphatic rings. The van der Waals surface area contributed by atoms with Crippen LogP contribution in [0.4, 0.5) is 11.4 Å². The van der Waals surface area contributed by atoms with Crippen molar-refractivity contribution < 1.29 is 0 Å². The number of para-hydroxylation sites is 2. The number of nitrogens with zero attached hydrogens (tertiary/aromatic N) is 2. The zero-order chi connectivity index (χ0) is 14.5. The van der Waals surface area contributed by atoms with Crippen LogP contribution in [0.3, 0.4) is 0 Å². The summed E-state index contributed by atoms with van der Waals surface area (Å²) >= 11 is 0. The molecule has 2 rings (SSSR count). The van der Waals surface area contributed by atoms with Gasteiger partial charge in [0.15, 0.2) is 0 Å². The average Bonchev–Trinajstić information content (AvgIpc) is 2.45.